The minimum absolute atomic E-state index is 0.0662. The number of nitrogens with zero attached hydrogens (tertiary/aromatic N) is 1. The number of nitrogens with one attached hydrogen (secondary N) is 1. The van der Waals surface area contributed by atoms with E-state index in [0.717, 1.165) is 10.8 Å². The number of hydrogen-bond donors (Lipinski definition) is 1. The van der Waals surface area contributed by atoms with Gasteiger partial charge in [-0.1, -0.05) is 36.4 Å². The van der Waals surface area contributed by atoms with Crippen molar-refractivity contribution in [3.8, 4) is 23.3 Å². The molecule has 3 aromatic rings. The molecule has 6 nitrogen and oxygen atoms in total. The van der Waals surface area contributed by atoms with Crippen LogP contribution in [0, 0.1) is 11.3 Å². The first-order chi connectivity index (χ1) is 14.1. The number of fused-ring (bicyclic) bond motifs is 1. The molecule has 0 aliphatic rings. The number of benzene rings is 3. The first-order valence-corrected chi connectivity index (χ1v) is 8.82. The Bertz CT molecular complexity index is 1120. The second-order valence-electron chi connectivity index (χ2n) is 6.07. The van der Waals surface area contributed by atoms with E-state index in [-0.39, 0.29) is 5.57 Å². The van der Waals surface area contributed by atoms with Gasteiger partial charge in [0.2, 0.25) is 5.75 Å². The van der Waals surface area contributed by atoms with E-state index in [9.17, 15) is 10.1 Å². The zero-order chi connectivity index (χ0) is 20.8. The van der Waals surface area contributed by atoms with Crippen LogP contribution in [-0.2, 0) is 4.79 Å². The highest BCUT2D eigenvalue weighted by Crippen LogP contribution is 2.40. The maximum absolute atomic E-state index is 12.8. The lowest BCUT2D eigenvalue weighted by atomic mass is 10.1. The number of ether oxygens (including phenoxy) is 3. The molecular formula is C23H20N2O4. The molecule has 0 aromatic heterocycles. The quantitative estimate of drug-likeness (QED) is 0.500. The number of rotatable bonds is 6. The van der Waals surface area contributed by atoms with Gasteiger partial charge in [-0.15, -0.1) is 0 Å². The van der Waals surface area contributed by atoms with E-state index in [0.29, 0.717) is 28.5 Å². The largest absolute Gasteiger partial charge is 0.493 e. The number of nitriles is 1. The van der Waals surface area contributed by atoms with E-state index in [4.69, 9.17) is 14.2 Å². The van der Waals surface area contributed by atoms with Gasteiger partial charge in [0.1, 0.15) is 11.6 Å². The van der Waals surface area contributed by atoms with Crippen LogP contribution in [-0.4, -0.2) is 27.2 Å². The fourth-order valence-corrected chi connectivity index (χ4v) is 3.07. The first-order valence-electron chi connectivity index (χ1n) is 8.82. The van der Waals surface area contributed by atoms with Crippen molar-refractivity contribution in [3.05, 3.63) is 65.7 Å². The van der Waals surface area contributed by atoms with Crippen molar-refractivity contribution < 1.29 is 19.0 Å². The van der Waals surface area contributed by atoms with E-state index < -0.39 is 5.91 Å². The molecule has 0 fully saturated rings. The molecule has 0 heterocycles. The minimum atomic E-state index is -0.513. The summed E-state index contributed by atoms with van der Waals surface area (Å²) in [5, 5.41) is 14.3. The van der Waals surface area contributed by atoms with E-state index in [1.165, 1.54) is 27.4 Å². The SMILES string of the molecule is COc1ccc(/C=C(\C#N)C(=O)Nc2cccc3ccccc23)c(OC)c1OC. The highest BCUT2D eigenvalue weighted by Gasteiger charge is 2.17. The third-order valence-corrected chi connectivity index (χ3v) is 4.44. The average molecular weight is 388 g/mol. The van der Waals surface area contributed by atoms with Gasteiger partial charge in [0.25, 0.3) is 5.91 Å². The molecule has 0 radical (unpaired) electrons. The van der Waals surface area contributed by atoms with Gasteiger partial charge < -0.3 is 19.5 Å². The van der Waals surface area contributed by atoms with E-state index in [2.05, 4.69) is 5.32 Å². The van der Waals surface area contributed by atoms with Gasteiger partial charge in [-0.2, -0.15) is 5.26 Å². The molecule has 29 heavy (non-hydrogen) atoms. The van der Waals surface area contributed by atoms with Gasteiger partial charge in [0, 0.05) is 16.6 Å². The summed E-state index contributed by atoms with van der Waals surface area (Å²) in [4.78, 5) is 12.8. The molecule has 146 valence electrons. The van der Waals surface area contributed by atoms with Crippen molar-refractivity contribution in [2.75, 3.05) is 26.6 Å². The standard InChI is InChI=1S/C23H20N2O4/c1-27-20-12-11-16(21(28-2)22(20)29-3)13-17(14-24)23(26)25-19-10-6-8-15-7-4-5-9-18(15)19/h4-13H,1-3H3,(H,25,26)/b17-13+. The molecule has 0 saturated heterocycles. The fraction of sp³-hybridized carbons (Fsp3) is 0.130. The molecule has 1 N–H and O–H groups in total. The smallest absolute Gasteiger partial charge is 0.266 e. The normalized spacial score (nSPS) is 10.9. The van der Waals surface area contributed by atoms with Crippen LogP contribution in [0.3, 0.4) is 0 Å². The second kappa shape index (κ2) is 8.81. The monoisotopic (exact) mass is 388 g/mol. The first kappa shape index (κ1) is 19.8. The highest BCUT2D eigenvalue weighted by molar-refractivity contribution is 6.13. The molecule has 6 heteroatoms. The van der Waals surface area contributed by atoms with Crippen molar-refractivity contribution >= 4 is 28.4 Å². The molecule has 3 aromatic carbocycles. The summed E-state index contributed by atoms with van der Waals surface area (Å²) in [6.45, 7) is 0. The molecular weight excluding hydrogens is 368 g/mol. The summed E-state index contributed by atoms with van der Waals surface area (Å²) < 4.78 is 16.0. The summed E-state index contributed by atoms with van der Waals surface area (Å²) in [6.07, 6.45) is 1.46. The predicted molar refractivity (Wildman–Crippen MR) is 112 cm³/mol. The highest BCUT2D eigenvalue weighted by atomic mass is 16.5. The Hall–Kier alpha value is -3.98. The van der Waals surface area contributed by atoms with Crippen LogP contribution in [0.25, 0.3) is 16.8 Å². The summed E-state index contributed by atoms with van der Waals surface area (Å²) in [6, 6.07) is 18.6. The maximum Gasteiger partial charge on any atom is 0.266 e. The Morgan fingerprint density at radius 1 is 0.931 bits per heavy atom. The van der Waals surface area contributed by atoms with Crippen LogP contribution >= 0.6 is 0 Å². The van der Waals surface area contributed by atoms with E-state index >= 15 is 0 Å². The van der Waals surface area contributed by atoms with Gasteiger partial charge >= 0.3 is 0 Å². The zero-order valence-electron chi connectivity index (χ0n) is 16.4. The number of carbonyl (C=O) groups is 1. The third kappa shape index (κ3) is 3.99. The number of anilines is 1. The molecule has 0 aliphatic heterocycles. The maximum atomic E-state index is 12.8. The number of methoxy groups -OCH3 is 3. The van der Waals surface area contributed by atoms with Crippen LogP contribution < -0.4 is 19.5 Å². The van der Waals surface area contributed by atoms with E-state index in [1.807, 2.05) is 42.5 Å². The molecule has 3 rings (SSSR count). The van der Waals surface area contributed by atoms with Gasteiger partial charge in [-0.05, 0) is 29.7 Å². The van der Waals surface area contributed by atoms with Crippen molar-refractivity contribution in [1.29, 1.82) is 5.26 Å². The molecule has 1 amide bonds. The van der Waals surface area contributed by atoms with E-state index in [1.54, 1.807) is 18.2 Å². The Labute approximate surface area is 168 Å². The Balaban J connectivity index is 1.98. The van der Waals surface area contributed by atoms with Crippen LogP contribution in [0.15, 0.2) is 60.2 Å². The lowest BCUT2D eigenvalue weighted by Gasteiger charge is -2.14. The van der Waals surface area contributed by atoms with Crippen LogP contribution in [0.5, 0.6) is 17.2 Å². The predicted octanol–water partition coefficient (Wildman–Crippen LogP) is 4.41. The molecule has 0 spiro atoms. The van der Waals surface area contributed by atoms with Gasteiger partial charge in [-0.25, -0.2) is 0 Å². The van der Waals surface area contributed by atoms with Crippen LogP contribution in [0.2, 0.25) is 0 Å². The summed E-state index contributed by atoms with van der Waals surface area (Å²) in [5.41, 5.74) is 1.09. The van der Waals surface area contributed by atoms with Crippen LogP contribution in [0.4, 0.5) is 5.69 Å². The van der Waals surface area contributed by atoms with Gasteiger partial charge in [0.15, 0.2) is 11.5 Å². The Morgan fingerprint density at radius 2 is 1.66 bits per heavy atom. The van der Waals surface area contributed by atoms with Gasteiger partial charge in [-0.3, -0.25) is 4.79 Å². The minimum Gasteiger partial charge on any atom is -0.493 e. The van der Waals surface area contributed by atoms with Crippen molar-refractivity contribution in [2.24, 2.45) is 0 Å². The molecule has 0 unspecified atom stereocenters. The van der Waals surface area contributed by atoms with Gasteiger partial charge in [0.05, 0.1) is 21.3 Å². The Morgan fingerprint density at radius 3 is 2.34 bits per heavy atom. The molecule has 0 bridgehead atoms. The number of amides is 1. The van der Waals surface area contributed by atoms with Crippen molar-refractivity contribution in [2.45, 2.75) is 0 Å². The number of hydrogen-bond acceptors (Lipinski definition) is 5. The topological polar surface area (TPSA) is 80.6 Å². The third-order valence-electron chi connectivity index (χ3n) is 4.44. The zero-order valence-corrected chi connectivity index (χ0v) is 16.4. The average Bonchev–Trinajstić information content (AvgIpc) is 2.76. The molecule has 0 saturated carbocycles. The summed E-state index contributed by atoms with van der Waals surface area (Å²) >= 11 is 0. The van der Waals surface area contributed by atoms with Crippen LogP contribution in [0.1, 0.15) is 5.56 Å². The summed E-state index contributed by atoms with van der Waals surface area (Å²) in [5.74, 6) is 0.731. The van der Waals surface area contributed by atoms with Crippen molar-refractivity contribution in [3.63, 3.8) is 0 Å². The fourth-order valence-electron chi connectivity index (χ4n) is 3.07. The lowest BCUT2D eigenvalue weighted by Crippen LogP contribution is -2.13. The molecule has 0 aliphatic carbocycles. The Kier molecular flexibility index (Phi) is 6.00. The lowest BCUT2D eigenvalue weighted by molar-refractivity contribution is -0.112. The number of carbonyl (C=O) groups excluding carboxylic acids is 1. The second-order valence-corrected chi connectivity index (χ2v) is 6.07. The van der Waals surface area contributed by atoms with Crippen molar-refractivity contribution in [1.82, 2.24) is 0 Å². The molecule has 0 atom stereocenters. The summed E-state index contributed by atoms with van der Waals surface area (Å²) in [7, 11) is 4.49.